The summed E-state index contributed by atoms with van der Waals surface area (Å²) in [7, 11) is 0. The Bertz CT molecular complexity index is 255. The monoisotopic (exact) mass is 243 g/mol. The summed E-state index contributed by atoms with van der Waals surface area (Å²) in [4.78, 5) is 12.9. The average Bonchev–Trinajstić information content (AvgIpc) is 2.18. The van der Waals surface area contributed by atoms with Crippen LogP contribution in [0.5, 0.6) is 0 Å². The number of primary amides is 1. The lowest BCUT2D eigenvalue weighted by atomic mass is 9.97. The Morgan fingerprint density at radius 2 is 2.06 bits per heavy atom. The predicted octanol–water partition coefficient (Wildman–Crippen LogP) is -0.315. The van der Waals surface area contributed by atoms with Gasteiger partial charge in [-0.1, -0.05) is 0 Å². The molecule has 0 radical (unpaired) electrons. The van der Waals surface area contributed by atoms with Gasteiger partial charge in [0.25, 0.3) is 0 Å². The first kappa shape index (κ1) is 14.4. The molecule has 1 amide bonds. The van der Waals surface area contributed by atoms with Crippen LogP contribution in [0.25, 0.3) is 0 Å². The smallest absolute Gasteiger partial charge is 0.231 e. The zero-order valence-corrected chi connectivity index (χ0v) is 11.1. The van der Waals surface area contributed by atoms with Gasteiger partial charge in [-0.15, -0.1) is 0 Å². The third-order valence-electron chi connectivity index (χ3n) is 3.51. The van der Waals surface area contributed by atoms with Gasteiger partial charge in [0, 0.05) is 25.2 Å². The lowest BCUT2D eigenvalue weighted by Crippen LogP contribution is -2.52. The van der Waals surface area contributed by atoms with E-state index in [4.69, 9.17) is 5.73 Å². The van der Waals surface area contributed by atoms with Crippen LogP contribution in [0.3, 0.4) is 0 Å². The maximum absolute atomic E-state index is 10.8. The van der Waals surface area contributed by atoms with E-state index in [2.05, 4.69) is 10.2 Å². The molecule has 1 aliphatic rings. The SMILES string of the molecule is CC(NC1CCN(CC(N)=O)CC1)C(C)(C)O. The molecular weight excluding hydrogens is 218 g/mol. The first-order valence-electron chi connectivity index (χ1n) is 6.28. The molecule has 0 aromatic rings. The van der Waals surface area contributed by atoms with Crippen LogP contribution in [0, 0.1) is 0 Å². The largest absolute Gasteiger partial charge is 0.389 e. The van der Waals surface area contributed by atoms with Crippen molar-refractivity contribution in [3.8, 4) is 0 Å². The number of nitrogens with one attached hydrogen (secondary N) is 1. The summed E-state index contributed by atoms with van der Waals surface area (Å²) in [6.07, 6.45) is 1.99. The highest BCUT2D eigenvalue weighted by Gasteiger charge is 2.27. The molecular formula is C12H25N3O2. The Morgan fingerprint density at radius 3 is 2.47 bits per heavy atom. The fourth-order valence-corrected chi connectivity index (χ4v) is 2.04. The van der Waals surface area contributed by atoms with Crippen molar-refractivity contribution in [1.82, 2.24) is 10.2 Å². The number of rotatable bonds is 5. The molecule has 1 aliphatic heterocycles. The summed E-state index contributed by atoms with van der Waals surface area (Å²) in [6.45, 7) is 7.75. The van der Waals surface area contributed by atoms with E-state index in [0.717, 1.165) is 25.9 Å². The van der Waals surface area contributed by atoms with Gasteiger partial charge in [0.2, 0.25) is 5.91 Å². The second-order valence-electron chi connectivity index (χ2n) is 5.56. The van der Waals surface area contributed by atoms with Crippen LogP contribution in [-0.2, 0) is 4.79 Å². The summed E-state index contributed by atoms with van der Waals surface area (Å²) < 4.78 is 0. The topological polar surface area (TPSA) is 78.6 Å². The molecule has 1 fully saturated rings. The lowest BCUT2D eigenvalue weighted by Gasteiger charge is -2.36. The van der Waals surface area contributed by atoms with Gasteiger partial charge in [0.05, 0.1) is 12.1 Å². The molecule has 1 rings (SSSR count). The van der Waals surface area contributed by atoms with Gasteiger partial charge in [0.15, 0.2) is 0 Å². The first-order chi connectivity index (χ1) is 7.79. The Labute approximate surface area is 103 Å². The number of nitrogens with two attached hydrogens (primary N) is 1. The third-order valence-corrected chi connectivity index (χ3v) is 3.51. The molecule has 1 heterocycles. The molecule has 0 spiro atoms. The van der Waals surface area contributed by atoms with Crippen LogP contribution in [0.1, 0.15) is 33.6 Å². The molecule has 0 bridgehead atoms. The summed E-state index contributed by atoms with van der Waals surface area (Å²) in [5.41, 5.74) is 4.46. The van der Waals surface area contributed by atoms with Gasteiger partial charge >= 0.3 is 0 Å². The highest BCUT2D eigenvalue weighted by atomic mass is 16.3. The van der Waals surface area contributed by atoms with Crippen molar-refractivity contribution in [3.63, 3.8) is 0 Å². The van der Waals surface area contributed by atoms with Crippen molar-refractivity contribution in [1.29, 1.82) is 0 Å². The van der Waals surface area contributed by atoms with Gasteiger partial charge < -0.3 is 16.2 Å². The standard InChI is InChI=1S/C12H25N3O2/c1-9(12(2,3)17)14-10-4-6-15(7-5-10)8-11(13)16/h9-10,14,17H,4-8H2,1-3H3,(H2,13,16). The van der Waals surface area contributed by atoms with Crippen LogP contribution in [0.15, 0.2) is 0 Å². The Hall–Kier alpha value is -0.650. The minimum Gasteiger partial charge on any atom is -0.389 e. The molecule has 0 saturated carbocycles. The average molecular weight is 243 g/mol. The number of aliphatic hydroxyl groups is 1. The molecule has 5 nitrogen and oxygen atoms in total. The molecule has 1 saturated heterocycles. The Balaban J connectivity index is 2.30. The van der Waals surface area contributed by atoms with E-state index >= 15 is 0 Å². The highest BCUT2D eigenvalue weighted by Crippen LogP contribution is 2.14. The Kier molecular flexibility index (Phi) is 4.91. The molecule has 0 aliphatic carbocycles. The summed E-state index contributed by atoms with van der Waals surface area (Å²) >= 11 is 0. The minimum absolute atomic E-state index is 0.0650. The van der Waals surface area contributed by atoms with E-state index in [1.807, 2.05) is 20.8 Å². The zero-order valence-electron chi connectivity index (χ0n) is 11.1. The molecule has 1 atom stereocenters. The number of piperidine rings is 1. The number of carbonyl (C=O) groups excluding carboxylic acids is 1. The van der Waals surface area contributed by atoms with Gasteiger partial charge in [-0.3, -0.25) is 9.69 Å². The summed E-state index contributed by atoms with van der Waals surface area (Å²) in [6, 6.07) is 0.482. The van der Waals surface area contributed by atoms with E-state index in [1.165, 1.54) is 0 Å². The fourth-order valence-electron chi connectivity index (χ4n) is 2.04. The number of hydrogen-bond acceptors (Lipinski definition) is 4. The molecule has 0 aromatic carbocycles. The van der Waals surface area contributed by atoms with Gasteiger partial charge in [-0.2, -0.15) is 0 Å². The number of carbonyl (C=O) groups is 1. The maximum atomic E-state index is 10.8. The molecule has 1 unspecified atom stereocenters. The van der Waals surface area contributed by atoms with Crippen molar-refractivity contribution in [2.75, 3.05) is 19.6 Å². The van der Waals surface area contributed by atoms with E-state index in [0.29, 0.717) is 12.6 Å². The van der Waals surface area contributed by atoms with E-state index in [9.17, 15) is 9.90 Å². The third kappa shape index (κ3) is 5.02. The predicted molar refractivity (Wildman–Crippen MR) is 67.6 cm³/mol. The van der Waals surface area contributed by atoms with E-state index in [-0.39, 0.29) is 11.9 Å². The highest BCUT2D eigenvalue weighted by molar-refractivity contribution is 5.75. The second-order valence-corrected chi connectivity index (χ2v) is 5.56. The van der Waals surface area contributed by atoms with Crippen molar-refractivity contribution in [3.05, 3.63) is 0 Å². The van der Waals surface area contributed by atoms with Crippen LogP contribution in [0.4, 0.5) is 0 Å². The summed E-state index contributed by atoms with van der Waals surface area (Å²) in [5.74, 6) is -0.263. The first-order valence-corrected chi connectivity index (χ1v) is 6.28. The number of hydrogen-bond donors (Lipinski definition) is 3. The van der Waals surface area contributed by atoms with Gasteiger partial charge in [0.1, 0.15) is 0 Å². The van der Waals surface area contributed by atoms with E-state index < -0.39 is 5.60 Å². The van der Waals surface area contributed by atoms with Gasteiger partial charge in [-0.25, -0.2) is 0 Å². The molecule has 17 heavy (non-hydrogen) atoms. The molecule has 5 heteroatoms. The maximum Gasteiger partial charge on any atom is 0.231 e. The van der Waals surface area contributed by atoms with Crippen molar-refractivity contribution in [2.24, 2.45) is 5.73 Å². The lowest BCUT2D eigenvalue weighted by molar-refractivity contribution is -0.119. The van der Waals surface area contributed by atoms with Crippen LogP contribution in [-0.4, -0.2) is 53.2 Å². The second kappa shape index (κ2) is 5.80. The number of nitrogens with zero attached hydrogens (tertiary/aromatic N) is 1. The summed E-state index contributed by atoms with van der Waals surface area (Å²) in [5, 5.41) is 13.3. The fraction of sp³-hybridized carbons (Fsp3) is 0.917. The molecule has 0 aromatic heterocycles. The zero-order chi connectivity index (χ0) is 13.1. The van der Waals surface area contributed by atoms with Crippen LogP contribution >= 0.6 is 0 Å². The normalized spacial score (nSPS) is 21.4. The van der Waals surface area contributed by atoms with Crippen molar-refractivity contribution < 1.29 is 9.90 Å². The number of amides is 1. The number of likely N-dealkylation sites (tertiary alicyclic amines) is 1. The van der Waals surface area contributed by atoms with Crippen molar-refractivity contribution >= 4 is 5.91 Å². The van der Waals surface area contributed by atoms with Crippen LogP contribution < -0.4 is 11.1 Å². The minimum atomic E-state index is -0.704. The van der Waals surface area contributed by atoms with E-state index in [1.54, 1.807) is 0 Å². The molecule has 4 N–H and O–H groups in total. The van der Waals surface area contributed by atoms with Gasteiger partial charge in [-0.05, 0) is 33.6 Å². The Morgan fingerprint density at radius 1 is 1.53 bits per heavy atom. The van der Waals surface area contributed by atoms with Crippen LogP contribution in [0.2, 0.25) is 0 Å². The van der Waals surface area contributed by atoms with Crippen molar-refractivity contribution in [2.45, 2.75) is 51.3 Å². The molecule has 100 valence electrons. The quantitative estimate of drug-likeness (QED) is 0.618.